The summed E-state index contributed by atoms with van der Waals surface area (Å²) in [4.78, 5) is 29.2. The smallest absolute Gasteiger partial charge is 0.344 e. The van der Waals surface area contributed by atoms with Crippen LogP contribution in [0.15, 0.2) is 35.8 Å². The van der Waals surface area contributed by atoms with Crippen LogP contribution in [0.1, 0.15) is 29.1 Å². The van der Waals surface area contributed by atoms with Gasteiger partial charge in [0.05, 0.1) is 13.2 Å². The molecule has 1 N–H and O–H groups in total. The highest BCUT2D eigenvalue weighted by Crippen LogP contribution is 2.16. The van der Waals surface area contributed by atoms with E-state index in [0.29, 0.717) is 13.2 Å². The summed E-state index contributed by atoms with van der Waals surface area (Å²) in [6.07, 6.45) is 0.621. The Hall–Kier alpha value is -2.41. The van der Waals surface area contributed by atoms with Crippen molar-refractivity contribution in [1.82, 2.24) is 10.3 Å². The standard InChI is InChI=1S/C16H18N2O4S/c1-3-21-15-13(7-4-8-17-15)16(20)22-11(2)14(19)18-10-12-6-5-9-23-12/h4-9,11H,3,10H2,1-2H3,(H,18,19). The van der Waals surface area contributed by atoms with Gasteiger partial charge in [-0.05, 0) is 37.4 Å². The lowest BCUT2D eigenvalue weighted by molar-refractivity contribution is -0.129. The first-order valence-corrected chi connectivity index (χ1v) is 8.08. The van der Waals surface area contributed by atoms with Crippen LogP contribution >= 0.6 is 11.3 Å². The molecule has 1 atom stereocenters. The van der Waals surface area contributed by atoms with Gasteiger partial charge in [-0.3, -0.25) is 4.79 Å². The number of thiophene rings is 1. The van der Waals surface area contributed by atoms with Gasteiger partial charge in [0.2, 0.25) is 5.88 Å². The fraction of sp³-hybridized carbons (Fsp3) is 0.312. The van der Waals surface area contributed by atoms with Crippen molar-refractivity contribution in [3.05, 3.63) is 46.3 Å². The third-order valence-corrected chi connectivity index (χ3v) is 3.82. The number of hydrogen-bond acceptors (Lipinski definition) is 6. The van der Waals surface area contributed by atoms with Crippen LogP contribution in [0.3, 0.4) is 0 Å². The second-order valence-corrected chi connectivity index (χ2v) is 5.67. The molecule has 0 spiro atoms. The zero-order valence-electron chi connectivity index (χ0n) is 12.9. The summed E-state index contributed by atoms with van der Waals surface area (Å²) in [6.45, 7) is 4.12. The quantitative estimate of drug-likeness (QED) is 0.787. The Balaban J connectivity index is 1.92. The lowest BCUT2D eigenvalue weighted by Gasteiger charge is -2.14. The van der Waals surface area contributed by atoms with E-state index >= 15 is 0 Å². The van der Waals surface area contributed by atoms with E-state index in [1.165, 1.54) is 13.1 Å². The average Bonchev–Trinajstić information content (AvgIpc) is 3.06. The van der Waals surface area contributed by atoms with E-state index in [1.807, 2.05) is 17.5 Å². The molecule has 0 aliphatic rings. The fourth-order valence-electron chi connectivity index (χ4n) is 1.81. The molecular weight excluding hydrogens is 316 g/mol. The van der Waals surface area contributed by atoms with Crippen LogP contribution in [0.25, 0.3) is 0 Å². The van der Waals surface area contributed by atoms with Gasteiger partial charge in [0.15, 0.2) is 6.10 Å². The first kappa shape index (κ1) is 17.0. The van der Waals surface area contributed by atoms with E-state index in [9.17, 15) is 9.59 Å². The van der Waals surface area contributed by atoms with E-state index < -0.39 is 12.1 Å². The van der Waals surface area contributed by atoms with E-state index in [0.717, 1.165) is 4.88 Å². The van der Waals surface area contributed by atoms with Crippen LogP contribution in [0.5, 0.6) is 5.88 Å². The van der Waals surface area contributed by atoms with Gasteiger partial charge in [0.1, 0.15) is 5.56 Å². The molecule has 2 heterocycles. The van der Waals surface area contributed by atoms with Gasteiger partial charge < -0.3 is 14.8 Å². The van der Waals surface area contributed by atoms with Crippen LogP contribution in [-0.2, 0) is 16.1 Å². The lowest BCUT2D eigenvalue weighted by Crippen LogP contribution is -2.35. The second kappa shape index (κ2) is 8.28. The highest BCUT2D eigenvalue weighted by atomic mass is 32.1. The molecule has 1 amide bonds. The normalized spacial score (nSPS) is 11.6. The van der Waals surface area contributed by atoms with Crippen molar-refractivity contribution < 1.29 is 19.1 Å². The SMILES string of the molecule is CCOc1ncccc1C(=O)OC(C)C(=O)NCc1cccs1. The maximum atomic E-state index is 12.2. The Morgan fingerprint density at radius 2 is 2.17 bits per heavy atom. The number of ether oxygens (including phenoxy) is 2. The Morgan fingerprint density at radius 1 is 1.35 bits per heavy atom. The highest BCUT2D eigenvalue weighted by molar-refractivity contribution is 7.09. The monoisotopic (exact) mass is 334 g/mol. The minimum absolute atomic E-state index is 0.200. The number of carbonyl (C=O) groups excluding carboxylic acids is 2. The van der Waals surface area contributed by atoms with E-state index in [-0.39, 0.29) is 17.4 Å². The maximum Gasteiger partial charge on any atom is 0.344 e. The number of nitrogens with one attached hydrogen (secondary N) is 1. The van der Waals surface area contributed by atoms with Gasteiger partial charge in [-0.15, -0.1) is 11.3 Å². The highest BCUT2D eigenvalue weighted by Gasteiger charge is 2.21. The van der Waals surface area contributed by atoms with Crippen LogP contribution in [-0.4, -0.2) is 29.6 Å². The van der Waals surface area contributed by atoms with Gasteiger partial charge in [0.25, 0.3) is 5.91 Å². The zero-order chi connectivity index (χ0) is 16.7. The number of hydrogen-bond donors (Lipinski definition) is 1. The molecule has 2 rings (SSSR count). The largest absolute Gasteiger partial charge is 0.477 e. The third kappa shape index (κ3) is 4.79. The molecule has 0 saturated carbocycles. The second-order valence-electron chi connectivity index (χ2n) is 4.63. The number of pyridine rings is 1. The first-order chi connectivity index (χ1) is 11.1. The van der Waals surface area contributed by atoms with Crippen molar-refractivity contribution in [2.75, 3.05) is 6.61 Å². The molecule has 7 heteroatoms. The Kier molecular flexibility index (Phi) is 6.10. The van der Waals surface area contributed by atoms with Crippen molar-refractivity contribution in [2.45, 2.75) is 26.5 Å². The number of aromatic nitrogens is 1. The summed E-state index contributed by atoms with van der Waals surface area (Å²) in [6, 6.07) is 7.00. The molecule has 0 aliphatic carbocycles. The number of nitrogens with zero attached hydrogens (tertiary/aromatic N) is 1. The molecule has 2 aromatic rings. The van der Waals surface area contributed by atoms with Crippen molar-refractivity contribution in [2.24, 2.45) is 0 Å². The molecule has 23 heavy (non-hydrogen) atoms. The topological polar surface area (TPSA) is 77.5 Å². The number of carbonyl (C=O) groups is 2. The van der Waals surface area contributed by atoms with Gasteiger partial charge in [0, 0.05) is 11.1 Å². The molecule has 122 valence electrons. The van der Waals surface area contributed by atoms with E-state index in [4.69, 9.17) is 9.47 Å². The summed E-state index contributed by atoms with van der Waals surface area (Å²) < 4.78 is 10.5. The zero-order valence-corrected chi connectivity index (χ0v) is 13.8. The number of amides is 1. The predicted molar refractivity (Wildman–Crippen MR) is 86.4 cm³/mol. The average molecular weight is 334 g/mol. The molecule has 0 fully saturated rings. The summed E-state index contributed by atoms with van der Waals surface area (Å²) in [5.41, 5.74) is 0.201. The van der Waals surface area contributed by atoms with Crippen molar-refractivity contribution in [3.8, 4) is 5.88 Å². The molecule has 0 bridgehead atoms. The molecular formula is C16H18N2O4S. The molecule has 6 nitrogen and oxygen atoms in total. The molecule has 1 unspecified atom stereocenters. The molecule has 0 radical (unpaired) electrons. The molecule has 2 aromatic heterocycles. The third-order valence-electron chi connectivity index (χ3n) is 2.94. The van der Waals surface area contributed by atoms with Crippen molar-refractivity contribution in [3.63, 3.8) is 0 Å². The summed E-state index contributed by atoms with van der Waals surface area (Å²) in [5.74, 6) is -0.792. The summed E-state index contributed by atoms with van der Waals surface area (Å²) in [5, 5.41) is 4.66. The number of esters is 1. The minimum atomic E-state index is -0.905. The van der Waals surface area contributed by atoms with Crippen molar-refractivity contribution >= 4 is 23.2 Å². The Labute approximate surface area is 138 Å². The first-order valence-electron chi connectivity index (χ1n) is 7.20. The molecule has 0 aliphatic heterocycles. The van der Waals surface area contributed by atoms with E-state index in [2.05, 4.69) is 10.3 Å². The predicted octanol–water partition coefficient (Wildman–Crippen LogP) is 2.40. The van der Waals surface area contributed by atoms with Crippen LogP contribution in [0, 0.1) is 0 Å². The minimum Gasteiger partial charge on any atom is -0.477 e. The Morgan fingerprint density at radius 3 is 2.87 bits per heavy atom. The van der Waals surface area contributed by atoms with E-state index in [1.54, 1.807) is 30.4 Å². The summed E-state index contributed by atoms with van der Waals surface area (Å²) >= 11 is 1.55. The number of rotatable bonds is 7. The van der Waals surface area contributed by atoms with Crippen LogP contribution in [0.2, 0.25) is 0 Å². The lowest BCUT2D eigenvalue weighted by atomic mass is 10.2. The van der Waals surface area contributed by atoms with Gasteiger partial charge in [-0.1, -0.05) is 6.07 Å². The van der Waals surface area contributed by atoms with Gasteiger partial charge >= 0.3 is 5.97 Å². The van der Waals surface area contributed by atoms with Gasteiger partial charge in [-0.2, -0.15) is 0 Å². The van der Waals surface area contributed by atoms with Crippen LogP contribution in [0.4, 0.5) is 0 Å². The summed E-state index contributed by atoms with van der Waals surface area (Å²) in [7, 11) is 0. The fourth-order valence-corrected chi connectivity index (χ4v) is 2.45. The van der Waals surface area contributed by atoms with Crippen molar-refractivity contribution in [1.29, 1.82) is 0 Å². The van der Waals surface area contributed by atoms with Gasteiger partial charge in [-0.25, -0.2) is 9.78 Å². The van der Waals surface area contributed by atoms with Crippen LogP contribution < -0.4 is 10.1 Å². The molecule has 0 saturated heterocycles. The molecule has 0 aromatic carbocycles. The maximum absolute atomic E-state index is 12.2. The Bertz CT molecular complexity index is 658.